The maximum Gasteiger partial charge on any atom is 0.220 e. The molecule has 2 rings (SSSR count). The Kier molecular flexibility index (Phi) is 31.8. The first-order valence-corrected chi connectivity index (χ1v) is 23.1. The van der Waals surface area contributed by atoms with Gasteiger partial charge in [0.15, 0.2) is 12.6 Å². The zero-order valence-electron chi connectivity index (χ0n) is 38.0. The van der Waals surface area contributed by atoms with Crippen LogP contribution < -0.4 is 5.32 Å². The van der Waals surface area contributed by atoms with Gasteiger partial charge in [0, 0.05) is 6.42 Å². The van der Waals surface area contributed by atoms with Crippen molar-refractivity contribution in [3.63, 3.8) is 0 Å². The highest BCUT2D eigenvalue weighted by Crippen LogP contribution is 2.29. The molecule has 0 aliphatic carbocycles. The number of aliphatic hydroxyl groups is 8. The van der Waals surface area contributed by atoms with Crippen molar-refractivity contribution in [2.24, 2.45) is 0 Å². The van der Waals surface area contributed by atoms with E-state index in [-0.39, 0.29) is 18.9 Å². The SMILES string of the molecule is CC/C=C\C/C=C\C/C=C\C/C=C\C/C=C\C/C=C\C/C=C\CCCC(=O)NC(COC1OC(CO)C(OC2OC(CO)C(O)C(O)C2O)C(O)C1O)C(O)/C=C/CC/C=C/CCC. The molecule has 362 valence electrons. The van der Waals surface area contributed by atoms with E-state index >= 15 is 0 Å². The lowest BCUT2D eigenvalue weighted by atomic mass is 9.97. The van der Waals surface area contributed by atoms with Gasteiger partial charge in [-0.05, 0) is 77.0 Å². The minimum absolute atomic E-state index is 0.185. The molecule has 0 radical (unpaired) electrons. The molecular weight excluding hydrogens is 823 g/mol. The first kappa shape index (κ1) is 56.8. The zero-order chi connectivity index (χ0) is 46.8. The molecule has 64 heavy (non-hydrogen) atoms. The Morgan fingerprint density at radius 2 is 1.06 bits per heavy atom. The standard InChI is InChI=1S/C50H79NO13/c1-3-5-7-9-11-12-13-14-15-16-17-18-19-20-21-22-23-24-25-26-28-30-32-34-42(55)51-38(39(54)33-31-29-27-10-8-6-4-2)37-61-49-47(60)45(58)48(41(36-53)63-49)64-50-46(59)44(57)43(56)40(35-52)62-50/h5,7-8,10-12,14-15,17-18,20-21,23-24,26,28,31,33,38-41,43-50,52-54,56-60H,3-4,6,9,13,16,19,22,25,27,29-30,32,34-37H2,1-2H3,(H,51,55)/b7-5-,10-8+,12-11-,15-14-,18-17-,21-20-,24-23-,28-26-,33-31+. The summed E-state index contributed by atoms with van der Waals surface area (Å²) in [5, 5.41) is 86.1. The second-order valence-corrected chi connectivity index (χ2v) is 15.8. The van der Waals surface area contributed by atoms with Gasteiger partial charge >= 0.3 is 0 Å². The lowest BCUT2D eigenvalue weighted by molar-refractivity contribution is -0.359. The monoisotopic (exact) mass is 902 g/mol. The molecule has 2 heterocycles. The first-order chi connectivity index (χ1) is 31.1. The van der Waals surface area contributed by atoms with Crippen LogP contribution in [0.4, 0.5) is 0 Å². The van der Waals surface area contributed by atoms with Crippen LogP contribution in [-0.4, -0.2) is 140 Å². The largest absolute Gasteiger partial charge is 0.394 e. The van der Waals surface area contributed by atoms with E-state index < -0.39 is 86.8 Å². The minimum atomic E-state index is -1.80. The molecule has 2 aliphatic rings. The number of allylic oxidation sites excluding steroid dienone is 17. The quantitative estimate of drug-likeness (QED) is 0.0321. The molecule has 12 unspecified atom stereocenters. The van der Waals surface area contributed by atoms with Gasteiger partial charge in [-0.3, -0.25) is 4.79 Å². The molecule has 0 aromatic rings. The summed E-state index contributed by atoms with van der Waals surface area (Å²) in [5.74, 6) is -0.319. The predicted octanol–water partition coefficient (Wildman–Crippen LogP) is 4.98. The van der Waals surface area contributed by atoms with E-state index in [4.69, 9.17) is 18.9 Å². The molecule has 0 spiro atoms. The second kappa shape index (κ2) is 35.9. The Bertz CT molecular complexity index is 1490. The number of carbonyl (C=O) groups excluding carboxylic acids is 1. The number of amides is 1. The average Bonchev–Trinajstić information content (AvgIpc) is 3.29. The molecular formula is C50H79NO13. The van der Waals surface area contributed by atoms with Crippen LogP contribution >= 0.6 is 0 Å². The lowest BCUT2D eigenvalue weighted by Gasteiger charge is -2.46. The third-order valence-electron chi connectivity index (χ3n) is 10.4. The van der Waals surface area contributed by atoms with Crippen molar-refractivity contribution in [2.75, 3.05) is 19.8 Å². The molecule has 9 N–H and O–H groups in total. The van der Waals surface area contributed by atoms with E-state index in [0.29, 0.717) is 19.3 Å². The highest BCUT2D eigenvalue weighted by atomic mass is 16.7. The van der Waals surface area contributed by atoms with Gasteiger partial charge in [0.05, 0.1) is 32.0 Å². The number of hydrogen-bond acceptors (Lipinski definition) is 13. The van der Waals surface area contributed by atoms with Crippen molar-refractivity contribution >= 4 is 5.91 Å². The van der Waals surface area contributed by atoms with Gasteiger partial charge < -0.3 is 65.1 Å². The highest BCUT2D eigenvalue weighted by molar-refractivity contribution is 5.76. The number of rotatable bonds is 32. The minimum Gasteiger partial charge on any atom is -0.394 e. The van der Waals surface area contributed by atoms with E-state index in [1.165, 1.54) is 0 Å². The predicted molar refractivity (Wildman–Crippen MR) is 249 cm³/mol. The summed E-state index contributed by atoms with van der Waals surface area (Å²) in [7, 11) is 0. The molecule has 14 nitrogen and oxygen atoms in total. The molecule has 2 saturated heterocycles. The Morgan fingerprint density at radius 3 is 1.61 bits per heavy atom. The summed E-state index contributed by atoms with van der Waals surface area (Å²) in [6.07, 6.45) is 31.8. The highest BCUT2D eigenvalue weighted by Gasteiger charge is 2.50. The number of aliphatic hydroxyl groups excluding tert-OH is 8. The van der Waals surface area contributed by atoms with Crippen LogP contribution in [0.5, 0.6) is 0 Å². The summed E-state index contributed by atoms with van der Waals surface area (Å²) < 4.78 is 22.5. The van der Waals surface area contributed by atoms with Crippen molar-refractivity contribution in [1.29, 1.82) is 0 Å². The van der Waals surface area contributed by atoms with Crippen LogP contribution in [0.25, 0.3) is 0 Å². The molecule has 0 aromatic heterocycles. The Hall–Kier alpha value is -3.35. The van der Waals surface area contributed by atoms with Crippen molar-refractivity contribution < 1.29 is 64.6 Å². The molecule has 0 saturated carbocycles. The number of ether oxygens (including phenoxy) is 4. The summed E-state index contributed by atoms with van der Waals surface area (Å²) in [6.45, 7) is 2.44. The fourth-order valence-electron chi connectivity index (χ4n) is 6.65. The van der Waals surface area contributed by atoms with E-state index in [1.54, 1.807) is 12.2 Å². The number of hydrogen-bond donors (Lipinski definition) is 9. The maximum absolute atomic E-state index is 13.0. The molecule has 2 fully saturated rings. The van der Waals surface area contributed by atoms with E-state index in [1.807, 2.05) is 6.08 Å². The third kappa shape index (κ3) is 23.2. The van der Waals surface area contributed by atoms with E-state index in [0.717, 1.165) is 64.2 Å². The molecule has 14 heteroatoms. The van der Waals surface area contributed by atoms with Crippen molar-refractivity contribution in [3.05, 3.63) is 109 Å². The Labute approximate surface area is 381 Å². The normalized spacial score (nSPS) is 28.3. The van der Waals surface area contributed by atoms with Gasteiger partial charge in [0.25, 0.3) is 0 Å². The van der Waals surface area contributed by atoms with Gasteiger partial charge in [-0.15, -0.1) is 0 Å². The topological polar surface area (TPSA) is 228 Å². The van der Waals surface area contributed by atoms with Gasteiger partial charge in [-0.2, -0.15) is 0 Å². The average molecular weight is 902 g/mol. The molecule has 0 aromatic carbocycles. The second-order valence-electron chi connectivity index (χ2n) is 15.8. The van der Waals surface area contributed by atoms with Crippen LogP contribution in [0.2, 0.25) is 0 Å². The van der Waals surface area contributed by atoms with Gasteiger partial charge in [-0.1, -0.05) is 130 Å². The summed E-state index contributed by atoms with van der Waals surface area (Å²) in [6, 6.07) is -0.966. The zero-order valence-corrected chi connectivity index (χ0v) is 38.0. The fourth-order valence-corrected chi connectivity index (χ4v) is 6.65. The Balaban J connectivity index is 1.83. The van der Waals surface area contributed by atoms with Crippen LogP contribution in [0.1, 0.15) is 104 Å². The number of unbranched alkanes of at least 4 members (excludes halogenated alkanes) is 3. The first-order valence-electron chi connectivity index (χ1n) is 23.1. The molecule has 12 atom stereocenters. The van der Waals surface area contributed by atoms with Gasteiger partial charge in [0.2, 0.25) is 5.91 Å². The van der Waals surface area contributed by atoms with E-state index in [9.17, 15) is 45.6 Å². The van der Waals surface area contributed by atoms with Crippen LogP contribution in [-0.2, 0) is 23.7 Å². The third-order valence-corrected chi connectivity index (χ3v) is 10.4. The smallest absolute Gasteiger partial charge is 0.220 e. The fraction of sp³-hybridized carbons (Fsp3) is 0.620. The summed E-state index contributed by atoms with van der Waals surface area (Å²) >= 11 is 0. The van der Waals surface area contributed by atoms with Crippen LogP contribution in [0.3, 0.4) is 0 Å². The molecule has 0 bridgehead atoms. The van der Waals surface area contributed by atoms with Crippen molar-refractivity contribution in [3.8, 4) is 0 Å². The Morgan fingerprint density at radius 1 is 0.578 bits per heavy atom. The van der Waals surface area contributed by atoms with Crippen molar-refractivity contribution in [2.45, 2.75) is 177 Å². The number of carbonyl (C=O) groups is 1. The van der Waals surface area contributed by atoms with E-state index in [2.05, 4.69) is 110 Å². The summed E-state index contributed by atoms with van der Waals surface area (Å²) in [4.78, 5) is 13.0. The summed E-state index contributed by atoms with van der Waals surface area (Å²) in [5.41, 5.74) is 0. The molecule has 1 amide bonds. The lowest BCUT2D eigenvalue weighted by Crippen LogP contribution is -2.65. The van der Waals surface area contributed by atoms with Gasteiger partial charge in [0.1, 0.15) is 48.8 Å². The molecule has 2 aliphatic heterocycles. The van der Waals surface area contributed by atoms with Crippen molar-refractivity contribution in [1.82, 2.24) is 5.32 Å². The maximum atomic E-state index is 13.0. The van der Waals surface area contributed by atoms with Crippen LogP contribution in [0.15, 0.2) is 109 Å². The number of nitrogens with one attached hydrogen (secondary N) is 1. The van der Waals surface area contributed by atoms with Crippen LogP contribution in [0, 0.1) is 0 Å². The van der Waals surface area contributed by atoms with Gasteiger partial charge in [-0.25, -0.2) is 0 Å².